The Balaban J connectivity index is 1.54. The SMILES string of the molecule is CCc1cc(C)cc(CC)c1C1C(=O)[C@@H]2[C@@H]3O[C@@H](C[C@H]3c3cccc(C)c3)[C@@H]2C1=O. The van der Waals surface area contributed by atoms with Gasteiger partial charge in [0.1, 0.15) is 5.92 Å². The first-order chi connectivity index (χ1) is 14.4. The summed E-state index contributed by atoms with van der Waals surface area (Å²) in [7, 11) is 0. The van der Waals surface area contributed by atoms with E-state index in [2.05, 4.69) is 64.1 Å². The van der Waals surface area contributed by atoms with Crippen molar-refractivity contribution in [3.05, 3.63) is 69.8 Å². The molecule has 0 radical (unpaired) electrons. The number of ketones is 2. The topological polar surface area (TPSA) is 43.4 Å². The number of benzene rings is 2. The number of carbonyl (C=O) groups excluding carboxylic acids is 2. The van der Waals surface area contributed by atoms with Gasteiger partial charge in [0, 0.05) is 5.92 Å². The van der Waals surface area contributed by atoms with Crippen molar-refractivity contribution in [2.24, 2.45) is 11.8 Å². The van der Waals surface area contributed by atoms with E-state index in [0.29, 0.717) is 0 Å². The van der Waals surface area contributed by atoms with Crippen molar-refractivity contribution in [2.75, 3.05) is 0 Å². The molecule has 1 unspecified atom stereocenters. The normalized spacial score (nSPS) is 32.1. The Morgan fingerprint density at radius 3 is 2.20 bits per heavy atom. The number of hydrogen-bond acceptors (Lipinski definition) is 3. The molecule has 3 heteroatoms. The molecule has 0 aromatic heterocycles. The minimum atomic E-state index is -0.601. The average Bonchev–Trinajstić information content (AvgIpc) is 3.39. The molecule has 2 aromatic carbocycles. The van der Waals surface area contributed by atoms with Gasteiger partial charge in [-0.2, -0.15) is 0 Å². The lowest BCUT2D eigenvalue weighted by Gasteiger charge is -2.26. The summed E-state index contributed by atoms with van der Waals surface area (Å²) in [5.74, 6) is -0.736. The summed E-state index contributed by atoms with van der Waals surface area (Å²) in [6.45, 7) is 8.41. The standard InChI is InChI=1S/C27H30O3/c1-5-16-11-15(4)12-17(6-2)21(16)23-25(28)22-20-13-19(18-9-7-8-14(3)10-18)27(30-20)24(22)26(23)29/h7-12,19-20,22-24,27H,5-6,13H2,1-4H3/t19-,20-,22-,23?,24+,27+/m0/s1. The van der Waals surface area contributed by atoms with Crippen LogP contribution in [0.1, 0.15) is 65.5 Å². The second-order valence-corrected chi connectivity index (χ2v) is 9.39. The maximum absolute atomic E-state index is 13.8. The van der Waals surface area contributed by atoms with Gasteiger partial charge in [0.15, 0.2) is 11.6 Å². The lowest BCUT2D eigenvalue weighted by molar-refractivity contribution is -0.127. The minimum absolute atomic E-state index is 0.100. The third-order valence-corrected chi connectivity index (χ3v) is 7.60. The van der Waals surface area contributed by atoms with Crippen LogP contribution in [0.4, 0.5) is 0 Å². The summed E-state index contributed by atoms with van der Waals surface area (Å²) in [6.07, 6.45) is 2.24. The van der Waals surface area contributed by atoms with Crippen molar-refractivity contribution in [1.82, 2.24) is 0 Å². The summed E-state index contributed by atoms with van der Waals surface area (Å²) < 4.78 is 6.26. The molecule has 2 bridgehead atoms. The first-order valence-electron chi connectivity index (χ1n) is 11.4. The van der Waals surface area contributed by atoms with Crippen molar-refractivity contribution in [1.29, 1.82) is 0 Å². The van der Waals surface area contributed by atoms with Crippen LogP contribution in [-0.4, -0.2) is 23.8 Å². The van der Waals surface area contributed by atoms with Crippen molar-refractivity contribution in [3.8, 4) is 0 Å². The van der Waals surface area contributed by atoms with E-state index >= 15 is 0 Å². The Kier molecular flexibility index (Phi) is 4.70. The Bertz CT molecular complexity index is 1010. The van der Waals surface area contributed by atoms with Gasteiger partial charge in [0.05, 0.1) is 24.0 Å². The van der Waals surface area contributed by atoms with Crippen LogP contribution in [0.2, 0.25) is 0 Å². The molecule has 156 valence electrons. The highest BCUT2D eigenvalue weighted by atomic mass is 16.5. The highest BCUT2D eigenvalue weighted by Gasteiger charge is 2.66. The molecule has 5 rings (SSSR count). The van der Waals surface area contributed by atoms with E-state index in [1.165, 1.54) is 16.7 Å². The highest BCUT2D eigenvalue weighted by Crippen LogP contribution is 2.57. The van der Waals surface area contributed by atoms with Crippen LogP contribution >= 0.6 is 0 Å². The number of aryl methyl sites for hydroxylation is 4. The molecule has 3 fully saturated rings. The number of hydrogen-bond donors (Lipinski definition) is 0. The molecule has 3 aliphatic rings. The maximum atomic E-state index is 13.8. The zero-order valence-corrected chi connectivity index (χ0v) is 18.3. The molecule has 2 aliphatic heterocycles. The average molecular weight is 403 g/mol. The molecule has 2 saturated heterocycles. The van der Waals surface area contributed by atoms with Gasteiger partial charge in [-0.25, -0.2) is 0 Å². The maximum Gasteiger partial charge on any atom is 0.154 e. The first kappa shape index (κ1) is 19.7. The van der Waals surface area contributed by atoms with Gasteiger partial charge in [-0.05, 0) is 55.4 Å². The van der Waals surface area contributed by atoms with Crippen molar-refractivity contribution >= 4 is 11.6 Å². The second-order valence-electron chi connectivity index (χ2n) is 9.39. The van der Waals surface area contributed by atoms with Crippen LogP contribution in [0.5, 0.6) is 0 Å². The van der Waals surface area contributed by atoms with E-state index in [1.807, 2.05) is 0 Å². The van der Waals surface area contributed by atoms with Crippen LogP contribution in [0, 0.1) is 25.7 Å². The predicted octanol–water partition coefficient (Wildman–Crippen LogP) is 4.85. The predicted molar refractivity (Wildman–Crippen MR) is 117 cm³/mol. The Morgan fingerprint density at radius 1 is 0.900 bits per heavy atom. The molecule has 2 aromatic rings. The van der Waals surface area contributed by atoms with Gasteiger partial charge in [-0.3, -0.25) is 9.59 Å². The van der Waals surface area contributed by atoms with Gasteiger partial charge >= 0.3 is 0 Å². The van der Waals surface area contributed by atoms with Crippen LogP contribution in [0.3, 0.4) is 0 Å². The summed E-state index contributed by atoms with van der Waals surface area (Å²) >= 11 is 0. The quantitative estimate of drug-likeness (QED) is 0.687. The lowest BCUT2D eigenvalue weighted by Crippen LogP contribution is -2.34. The smallest absolute Gasteiger partial charge is 0.154 e. The molecule has 1 aliphatic carbocycles. The summed E-state index contributed by atoms with van der Waals surface area (Å²) in [5.41, 5.74) is 6.97. The molecule has 0 spiro atoms. The van der Waals surface area contributed by atoms with Crippen molar-refractivity contribution in [2.45, 2.75) is 71.0 Å². The van der Waals surface area contributed by atoms with Crippen molar-refractivity contribution < 1.29 is 14.3 Å². The largest absolute Gasteiger partial charge is 0.373 e. The van der Waals surface area contributed by atoms with Gasteiger partial charge in [-0.1, -0.05) is 61.4 Å². The van der Waals surface area contributed by atoms with Gasteiger partial charge in [0.25, 0.3) is 0 Å². The molecule has 1 saturated carbocycles. The molecule has 0 amide bonds. The number of Topliss-reactive ketones (excluding diaryl/α,β-unsaturated/α-hetero) is 2. The highest BCUT2D eigenvalue weighted by molar-refractivity contribution is 6.17. The van der Waals surface area contributed by atoms with Gasteiger partial charge < -0.3 is 4.74 Å². The molecule has 30 heavy (non-hydrogen) atoms. The lowest BCUT2D eigenvalue weighted by atomic mass is 9.73. The molecular formula is C27H30O3. The zero-order valence-electron chi connectivity index (χ0n) is 18.3. The first-order valence-corrected chi connectivity index (χ1v) is 11.4. The molecule has 0 N–H and O–H groups in total. The molecular weight excluding hydrogens is 372 g/mol. The fourth-order valence-corrected chi connectivity index (χ4v) is 6.38. The van der Waals surface area contributed by atoms with E-state index < -0.39 is 5.92 Å². The van der Waals surface area contributed by atoms with E-state index in [-0.39, 0.29) is 41.5 Å². The van der Waals surface area contributed by atoms with Crippen molar-refractivity contribution in [3.63, 3.8) is 0 Å². The van der Waals surface area contributed by atoms with Crippen LogP contribution in [0.15, 0.2) is 36.4 Å². The second kappa shape index (κ2) is 7.16. The number of ether oxygens (including phenoxy) is 1. The number of fused-ring (bicyclic) bond motifs is 5. The third kappa shape index (κ3) is 2.75. The Hall–Kier alpha value is -2.26. The third-order valence-electron chi connectivity index (χ3n) is 7.60. The van der Waals surface area contributed by atoms with Gasteiger partial charge in [-0.15, -0.1) is 0 Å². The monoisotopic (exact) mass is 402 g/mol. The van der Waals surface area contributed by atoms with E-state index in [4.69, 9.17) is 4.74 Å². The Morgan fingerprint density at radius 2 is 1.57 bits per heavy atom. The molecule has 2 heterocycles. The van der Waals surface area contributed by atoms with E-state index in [9.17, 15) is 9.59 Å². The fourth-order valence-electron chi connectivity index (χ4n) is 6.38. The summed E-state index contributed by atoms with van der Waals surface area (Å²) in [4.78, 5) is 27.4. The summed E-state index contributed by atoms with van der Waals surface area (Å²) in [5, 5.41) is 0. The molecule has 6 atom stereocenters. The van der Waals surface area contributed by atoms with E-state index in [0.717, 1.165) is 36.0 Å². The number of carbonyl (C=O) groups is 2. The molecule has 3 nitrogen and oxygen atoms in total. The summed E-state index contributed by atoms with van der Waals surface area (Å²) in [6, 6.07) is 12.8. The van der Waals surface area contributed by atoms with Crippen LogP contribution in [0.25, 0.3) is 0 Å². The van der Waals surface area contributed by atoms with E-state index in [1.54, 1.807) is 0 Å². The minimum Gasteiger partial charge on any atom is -0.373 e. The Labute approximate surface area is 178 Å². The van der Waals surface area contributed by atoms with Crippen LogP contribution < -0.4 is 0 Å². The van der Waals surface area contributed by atoms with Gasteiger partial charge in [0.2, 0.25) is 0 Å². The fraction of sp³-hybridized carbons (Fsp3) is 0.481. The zero-order chi connectivity index (χ0) is 21.2. The van der Waals surface area contributed by atoms with Crippen LogP contribution in [-0.2, 0) is 27.2 Å². The number of rotatable bonds is 4.